The second kappa shape index (κ2) is 28.6. The molecule has 1 nitrogen and oxygen atoms in total. The average molecular weight is 136 g/mol. The van der Waals surface area contributed by atoms with Gasteiger partial charge in [-0.2, -0.15) is 0 Å². The van der Waals surface area contributed by atoms with Gasteiger partial charge < -0.3 is 4.74 Å². The molecule has 0 aromatic rings. The maximum absolute atomic E-state index is 4.60. The molecule has 2 heteroatoms. The molecule has 0 radical (unpaired) electrons. The van der Waals surface area contributed by atoms with Gasteiger partial charge in [0, 0.05) is 9.13 Å². The van der Waals surface area contributed by atoms with Gasteiger partial charge in [-0.15, -0.1) is 0 Å². The summed E-state index contributed by atoms with van der Waals surface area (Å²) in [5.41, 5.74) is 0. The molecule has 0 rings (SSSR count). The maximum atomic E-state index is 4.60. The number of ether oxygens (including phenoxy) is 1. The summed E-state index contributed by atoms with van der Waals surface area (Å²) >= 11 is 0. The molecule has 54 valence electrons. The number of methoxy groups -OCH3 is 1. The Kier molecular flexibility index (Phi) is 88.6. The molecule has 0 fully saturated rings. The van der Waals surface area contributed by atoms with E-state index in [4.69, 9.17) is 0 Å². The summed E-state index contributed by atoms with van der Waals surface area (Å²) < 4.78 is 4.60. The maximum Gasteiger partial charge on any atom is 0.0759 e. The van der Waals surface area contributed by atoms with Gasteiger partial charge in [0.1, 0.15) is 0 Å². The molecule has 0 aromatic heterocycles. The molecule has 0 N–H and O–H groups in total. The van der Waals surface area contributed by atoms with Crippen LogP contribution in [0, 0.1) is 0 Å². The van der Waals surface area contributed by atoms with Crippen LogP contribution < -0.4 is 0 Å². The second-order valence-corrected chi connectivity index (χ2v) is 1.64. The Bertz CT molecular complexity index is 35.5. The third-order valence-corrected chi connectivity index (χ3v) is 0.816. The van der Waals surface area contributed by atoms with Crippen LogP contribution in [0.5, 0.6) is 0 Å². The standard InChI is InChI=1S/C3H8OSi.3CH4/c1-4-3-5-2;;;/h3,5H,1-2H3;3*1H4/b5-3+;;;. The van der Waals surface area contributed by atoms with Crippen molar-refractivity contribution in [3.63, 3.8) is 0 Å². The molecule has 0 unspecified atom stereocenters. The monoisotopic (exact) mass is 136 g/mol. The molecule has 0 atom stereocenters. The van der Waals surface area contributed by atoms with Crippen LogP contribution in [0.3, 0.4) is 0 Å². The molecule has 0 saturated heterocycles. The third kappa shape index (κ3) is 39.5. The van der Waals surface area contributed by atoms with Crippen molar-refractivity contribution in [3.8, 4) is 0 Å². The van der Waals surface area contributed by atoms with Crippen LogP contribution in [0.1, 0.15) is 22.3 Å². The molecule has 0 aliphatic heterocycles. The molecule has 0 saturated carbocycles. The molecule has 0 bridgehead atoms. The van der Waals surface area contributed by atoms with Gasteiger partial charge in [-0.1, -0.05) is 28.8 Å². The van der Waals surface area contributed by atoms with Crippen molar-refractivity contribution in [2.45, 2.75) is 28.8 Å². The van der Waals surface area contributed by atoms with E-state index in [9.17, 15) is 0 Å². The highest BCUT2D eigenvalue weighted by atomic mass is 28.2. The Hall–Kier alpha value is -0.113. The lowest BCUT2D eigenvalue weighted by Gasteiger charge is -1.76. The summed E-state index contributed by atoms with van der Waals surface area (Å²) in [6, 6.07) is 0. The summed E-state index contributed by atoms with van der Waals surface area (Å²) in [4.78, 5) is 0. The van der Waals surface area contributed by atoms with Crippen molar-refractivity contribution in [1.29, 1.82) is 0 Å². The third-order valence-electron chi connectivity index (χ3n) is 0.272. The lowest BCUT2D eigenvalue weighted by molar-refractivity contribution is 0.431. The molecule has 0 aromatic carbocycles. The predicted octanol–water partition coefficient (Wildman–Crippen LogP) is 1.79. The van der Waals surface area contributed by atoms with Crippen LogP contribution in [-0.4, -0.2) is 22.1 Å². The first kappa shape index (κ1) is 24.8. The Balaban J connectivity index is -0.0000000267. The van der Waals surface area contributed by atoms with E-state index in [1.807, 2.05) is 5.86 Å². The molecule has 0 aliphatic carbocycles. The van der Waals surface area contributed by atoms with Crippen molar-refractivity contribution in [2.75, 3.05) is 7.11 Å². The molecule has 0 spiro atoms. The molecule has 0 aliphatic rings. The van der Waals surface area contributed by atoms with Crippen LogP contribution in [0.2, 0.25) is 6.55 Å². The predicted molar refractivity (Wildman–Crippen MR) is 46.3 cm³/mol. The van der Waals surface area contributed by atoms with Gasteiger partial charge in [-0.3, -0.25) is 0 Å². The van der Waals surface area contributed by atoms with Crippen molar-refractivity contribution in [3.05, 3.63) is 0 Å². The average Bonchev–Trinajstić information content (AvgIpc) is 1.41. The fourth-order valence-electron chi connectivity index (χ4n) is 0.136. The Morgan fingerprint density at radius 2 is 1.62 bits per heavy atom. The highest BCUT2D eigenvalue weighted by Crippen LogP contribution is 1.41. The highest BCUT2D eigenvalue weighted by Gasteiger charge is 1.48. The van der Waals surface area contributed by atoms with Crippen LogP contribution >= 0.6 is 0 Å². The van der Waals surface area contributed by atoms with Gasteiger partial charge in [0.25, 0.3) is 0 Å². The Morgan fingerprint density at radius 3 is 1.62 bits per heavy atom. The fraction of sp³-hybridized carbons (Fsp3) is 0.833. The van der Waals surface area contributed by atoms with Gasteiger partial charge in [0.15, 0.2) is 0 Å². The van der Waals surface area contributed by atoms with Gasteiger partial charge in [-0.05, 0) is 0 Å². The Morgan fingerprint density at radius 1 is 1.25 bits per heavy atom. The second-order valence-electron chi connectivity index (χ2n) is 0.705. The van der Waals surface area contributed by atoms with E-state index < -0.39 is 0 Å². The normalized spacial score (nSPS) is 5.75. The van der Waals surface area contributed by atoms with Crippen LogP contribution in [0.4, 0.5) is 0 Å². The fourth-order valence-corrected chi connectivity index (χ4v) is 0.408. The zero-order chi connectivity index (χ0) is 4.12. The molecule has 0 heterocycles. The molecular formula is C6H20OSi. The van der Waals surface area contributed by atoms with Gasteiger partial charge >= 0.3 is 0 Å². The van der Waals surface area contributed by atoms with Gasteiger partial charge in [0.05, 0.1) is 13.0 Å². The summed E-state index contributed by atoms with van der Waals surface area (Å²) in [5.74, 6) is 1.83. The quantitative estimate of drug-likeness (QED) is 0.499. The van der Waals surface area contributed by atoms with E-state index >= 15 is 0 Å². The number of hydrogen-bond donors (Lipinski definition) is 0. The molecular weight excluding hydrogens is 116 g/mol. The minimum absolute atomic E-state index is 0. The lowest BCUT2D eigenvalue weighted by atomic mass is 11.5. The first-order chi connectivity index (χ1) is 2.41. The lowest BCUT2D eigenvalue weighted by Crippen LogP contribution is -1.77. The summed E-state index contributed by atoms with van der Waals surface area (Å²) in [5, 5.41) is 0. The largest absolute Gasteiger partial charge is 0.510 e. The summed E-state index contributed by atoms with van der Waals surface area (Å²) in [6.45, 7) is 2.11. The van der Waals surface area contributed by atoms with Crippen molar-refractivity contribution in [2.24, 2.45) is 0 Å². The summed E-state index contributed by atoms with van der Waals surface area (Å²) in [6.07, 6.45) is 0. The van der Waals surface area contributed by atoms with E-state index in [2.05, 4.69) is 11.3 Å². The van der Waals surface area contributed by atoms with Gasteiger partial charge in [-0.25, -0.2) is 0 Å². The Labute approximate surface area is 56.5 Å². The number of hydrogen-bond acceptors (Lipinski definition) is 1. The van der Waals surface area contributed by atoms with Crippen LogP contribution in [0.25, 0.3) is 0 Å². The van der Waals surface area contributed by atoms with Crippen molar-refractivity contribution < 1.29 is 4.74 Å². The zero-order valence-electron chi connectivity index (χ0n) is 3.56. The number of rotatable bonds is 1. The minimum Gasteiger partial charge on any atom is -0.510 e. The summed E-state index contributed by atoms with van der Waals surface area (Å²) in [7, 11) is 2.12. The zero-order valence-corrected chi connectivity index (χ0v) is 4.72. The molecule has 8 heavy (non-hydrogen) atoms. The van der Waals surface area contributed by atoms with E-state index in [1.54, 1.807) is 7.11 Å². The smallest absolute Gasteiger partial charge is 0.0759 e. The van der Waals surface area contributed by atoms with Crippen molar-refractivity contribution >= 4 is 15.0 Å². The topological polar surface area (TPSA) is 9.23 Å². The molecule has 0 amide bonds. The highest BCUT2D eigenvalue weighted by molar-refractivity contribution is 6.43. The van der Waals surface area contributed by atoms with Crippen LogP contribution in [-0.2, 0) is 4.74 Å². The first-order valence-electron chi connectivity index (χ1n) is 1.55. The van der Waals surface area contributed by atoms with E-state index in [0.29, 0.717) is 9.13 Å². The SMILES string of the molecule is C.C.C.CO/C=[SiH]/C. The van der Waals surface area contributed by atoms with E-state index in [-0.39, 0.29) is 22.3 Å². The first-order valence-corrected chi connectivity index (χ1v) is 3.38. The van der Waals surface area contributed by atoms with E-state index in [0.717, 1.165) is 0 Å². The van der Waals surface area contributed by atoms with Crippen LogP contribution in [0.15, 0.2) is 0 Å². The van der Waals surface area contributed by atoms with Gasteiger partial charge in [0.2, 0.25) is 0 Å². The minimum atomic E-state index is 0. The van der Waals surface area contributed by atoms with E-state index in [1.165, 1.54) is 0 Å². The van der Waals surface area contributed by atoms with Crippen molar-refractivity contribution in [1.82, 2.24) is 0 Å².